The van der Waals surface area contributed by atoms with Crippen molar-refractivity contribution in [2.75, 3.05) is 20.3 Å². The highest BCUT2D eigenvalue weighted by Gasteiger charge is 2.09. The van der Waals surface area contributed by atoms with Crippen LogP contribution in [0.15, 0.2) is 18.2 Å². The normalized spacial score (nSPS) is 10.1. The number of carbonyl (C=O) groups excluding carboxylic acids is 2. The Morgan fingerprint density at radius 3 is 2.73 bits per heavy atom. The average molecular weight is 309 g/mol. The third kappa shape index (κ3) is 6.03. The van der Waals surface area contributed by atoms with Gasteiger partial charge in [0.25, 0.3) is 5.91 Å². The molecule has 0 unspecified atom stereocenters. The number of nitrogens with one attached hydrogen (secondary N) is 1. The largest absolute Gasteiger partial charge is 0.504 e. The Bertz CT molecular complexity index is 501. The fourth-order valence-corrected chi connectivity index (χ4v) is 1.76. The quantitative estimate of drug-likeness (QED) is 0.540. The number of carbonyl (C=O) groups is 2. The summed E-state index contributed by atoms with van der Waals surface area (Å²) in [5, 5.41) is 12.2. The maximum Gasteiger partial charge on any atom is 0.305 e. The van der Waals surface area contributed by atoms with Crippen LogP contribution in [0.2, 0.25) is 0 Å². The van der Waals surface area contributed by atoms with Crippen molar-refractivity contribution < 1.29 is 24.2 Å². The van der Waals surface area contributed by atoms with Gasteiger partial charge in [0.2, 0.25) is 0 Å². The van der Waals surface area contributed by atoms with E-state index in [1.807, 2.05) is 6.92 Å². The van der Waals surface area contributed by atoms with Crippen molar-refractivity contribution in [2.45, 2.75) is 32.6 Å². The minimum Gasteiger partial charge on any atom is -0.504 e. The van der Waals surface area contributed by atoms with Gasteiger partial charge >= 0.3 is 5.97 Å². The average Bonchev–Trinajstić information content (AvgIpc) is 2.52. The van der Waals surface area contributed by atoms with Gasteiger partial charge in [-0.2, -0.15) is 0 Å². The zero-order valence-corrected chi connectivity index (χ0v) is 13.1. The maximum absolute atomic E-state index is 11.9. The van der Waals surface area contributed by atoms with E-state index in [9.17, 15) is 14.7 Å². The van der Waals surface area contributed by atoms with E-state index < -0.39 is 0 Å². The highest BCUT2D eigenvalue weighted by atomic mass is 16.5. The Morgan fingerprint density at radius 1 is 1.27 bits per heavy atom. The second-order valence-electron chi connectivity index (χ2n) is 4.82. The van der Waals surface area contributed by atoms with Crippen molar-refractivity contribution in [1.29, 1.82) is 0 Å². The summed E-state index contributed by atoms with van der Waals surface area (Å²) in [5.74, 6) is -0.298. The molecular weight excluding hydrogens is 286 g/mol. The molecule has 0 aliphatic rings. The lowest BCUT2D eigenvalue weighted by molar-refractivity contribution is -0.143. The zero-order chi connectivity index (χ0) is 16.4. The number of phenolic OH excluding ortho intramolecular Hbond substituents is 1. The van der Waals surface area contributed by atoms with Crippen LogP contribution < -0.4 is 10.1 Å². The molecular formula is C16H23NO5. The van der Waals surface area contributed by atoms with Crippen LogP contribution in [0.25, 0.3) is 0 Å². The Labute approximate surface area is 130 Å². The topological polar surface area (TPSA) is 84.9 Å². The van der Waals surface area contributed by atoms with Crippen molar-refractivity contribution in [1.82, 2.24) is 5.32 Å². The van der Waals surface area contributed by atoms with Gasteiger partial charge in [0.1, 0.15) is 0 Å². The van der Waals surface area contributed by atoms with Crippen molar-refractivity contribution in [3.05, 3.63) is 23.8 Å². The van der Waals surface area contributed by atoms with Gasteiger partial charge in [-0.05, 0) is 31.0 Å². The number of hydrogen-bond acceptors (Lipinski definition) is 5. The molecule has 1 aromatic carbocycles. The minimum absolute atomic E-state index is 0.0196. The lowest BCUT2D eigenvalue weighted by Gasteiger charge is -2.08. The van der Waals surface area contributed by atoms with Crippen LogP contribution in [0, 0.1) is 0 Å². The van der Waals surface area contributed by atoms with Crippen LogP contribution in [0.5, 0.6) is 11.5 Å². The molecule has 1 aromatic rings. The third-order valence-electron chi connectivity index (χ3n) is 3.05. The van der Waals surface area contributed by atoms with Crippen LogP contribution >= 0.6 is 0 Å². The highest BCUT2D eigenvalue weighted by molar-refractivity contribution is 5.94. The first-order valence-electron chi connectivity index (χ1n) is 7.39. The number of amides is 1. The van der Waals surface area contributed by atoms with Gasteiger partial charge in [-0.15, -0.1) is 0 Å². The van der Waals surface area contributed by atoms with Crippen LogP contribution in [-0.2, 0) is 9.53 Å². The predicted molar refractivity (Wildman–Crippen MR) is 82.1 cm³/mol. The maximum atomic E-state index is 11.9. The molecule has 2 N–H and O–H groups in total. The van der Waals surface area contributed by atoms with E-state index in [4.69, 9.17) is 9.47 Å². The lowest BCUT2D eigenvalue weighted by atomic mass is 10.2. The molecule has 0 spiro atoms. The fraction of sp³-hybridized carbons (Fsp3) is 0.500. The monoisotopic (exact) mass is 309 g/mol. The second kappa shape index (κ2) is 9.65. The summed E-state index contributed by atoms with van der Waals surface area (Å²) < 4.78 is 9.97. The number of methoxy groups -OCH3 is 1. The van der Waals surface area contributed by atoms with Crippen molar-refractivity contribution in [3.63, 3.8) is 0 Å². The smallest absolute Gasteiger partial charge is 0.305 e. The van der Waals surface area contributed by atoms with Crippen molar-refractivity contribution in [2.24, 2.45) is 0 Å². The van der Waals surface area contributed by atoms with Gasteiger partial charge in [-0.1, -0.05) is 13.3 Å². The van der Waals surface area contributed by atoms with E-state index in [-0.39, 0.29) is 29.8 Å². The summed E-state index contributed by atoms with van der Waals surface area (Å²) in [6, 6.07) is 4.37. The first-order chi connectivity index (χ1) is 10.6. The summed E-state index contributed by atoms with van der Waals surface area (Å²) >= 11 is 0. The third-order valence-corrected chi connectivity index (χ3v) is 3.05. The molecule has 0 heterocycles. The van der Waals surface area contributed by atoms with E-state index in [0.717, 1.165) is 12.8 Å². The van der Waals surface area contributed by atoms with Gasteiger partial charge in [-0.25, -0.2) is 0 Å². The number of hydrogen-bond donors (Lipinski definition) is 2. The summed E-state index contributed by atoms with van der Waals surface area (Å²) in [7, 11) is 1.42. The molecule has 0 saturated carbocycles. The Morgan fingerprint density at radius 2 is 2.05 bits per heavy atom. The van der Waals surface area contributed by atoms with Gasteiger partial charge in [0, 0.05) is 18.5 Å². The number of ether oxygens (including phenoxy) is 2. The van der Waals surface area contributed by atoms with E-state index in [2.05, 4.69) is 5.32 Å². The molecule has 0 aromatic heterocycles. The molecule has 0 bridgehead atoms. The molecule has 122 valence electrons. The van der Waals surface area contributed by atoms with E-state index in [1.54, 1.807) is 0 Å². The lowest BCUT2D eigenvalue weighted by Crippen LogP contribution is -2.25. The highest BCUT2D eigenvalue weighted by Crippen LogP contribution is 2.26. The molecule has 0 atom stereocenters. The second-order valence-corrected chi connectivity index (χ2v) is 4.82. The Balaban J connectivity index is 2.30. The van der Waals surface area contributed by atoms with E-state index in [0.29, 0.717) is 25.1 Å². The van der Waals surface area contributed by atoms with Crippen LogP contribution in [-0.4, -0.2) is 37.2 Å². The molecule has 0 radical (unpaired) electrons. The van der Waals surface area contributed by atoms with Gasteiger partial charge in [-0.3, -0.25) is 9.59 Å². The van der Waals surface area contributed by atoms with E-state index in [1.165, 1.54) is 25.3 Å². The minimum atomic E-state index is -0.280. The number of unbranched alkanes of at least 4 members (excludes halogenated alkanes) is 1. The first-order valence-corrected chi connectivity index (χ1v) is 7.39. The predicted octanol–water partition coefficient (Wildman–Crippen LogP) is 2.25. The summed E-state index contributed by atoms with van der Waals surface area (Å²) in [4.78, 5) is 23.3. The van der Waals surface area contributed by atoms with E-state index >= 15 is 0 Å². The SMILES string of the molecule is CCCCOC(=O)CCCNC(=O)c1ccc(O)c(OC)c1. The molecule has 22 heavy (non-hydrogen) atoms. The van der Waals surface area contributed by atoms with Crippen LogP contribution in [0.1, 0.15) is 43.0 Å². The van der Waals surface area contributed by atoms with Crippen molar-refractivity contribution >= 4 is 11.9 Å². The van der Waals surface area contributed by atoms with Crippen molar-refractivity contribution in [3.8, 4) is 11.5 Å². The molecule has 0 aliphatic heterocycles. The van der Waals surface area contributed by atoms with Crippen LogP contribution in [0.3, 0.4) is 0 Å². The summed E-state index contributed by atoms with van der Waals surface area (Å²) in [6.45, 7) is 2.86. The molecule has 1 rings (SSSR count). The molecule has 6 heteroatoms. The van der Waals surface area contributed by atoms with Crippen LogP contribution in [0.4, 0.5) is 0 Å². The first kappa shape index (κ1) is 17.8. The standard InChI is InChI=1S/C16H23NO5/c1-3-4-10-22-15(19)6-5-9-17-16(20)12-7-8-13(18)14(11-12)21-2/h7-8,11,18H,3-6,9-10H2,1-2H3,(H,17,20). The number of rotatable bonds is 9. The van der Waals surface area contributed by atoms with Gasteiger partial charge in [0.15, 0.2) is 11.5 Å². The number of phenols is 1. The fourth-order valence-electron chi connectivity index (χ4n) is 1.76. The van der Waals surface area contributed by atoms with Gasteiger partial charge < -0.3 is 19.9 Å². The number of benzene rings is 1. The number of esters is 1. The number of aromatic hydroxyl groups is 1. The Kier molecular flexibility index (Phi) is 7.81. The Hall–Kier alpha value is -2.24. The molecule has 0 aliphatic carbocycles. The molecule has 1 amide bonds. The molecule has 0 saturated heterocycles. The zero-order valence-electron chi connectivity index (χ0n) is 13.1. The molecule has 6 nitrogen and oxygen atoms in total. The summed E-state index contributed by atoms with van der Waals surface area (Å²) in [5.41, 5.74) is 0.389. The summed E-state index contributed by atoms with van der Waals surface area (Å²) in [6.07, 6.45) is 2.65. The molecule has 0 fully saturated rings. The van der Waals surface area contributed by atoms with Gasteiger partial charge in [0.05, 0.1) is 13.7 Å².